The maximum Gasteiger partial charge on any atom is 0.337 e. The summed E-state index contributed by atoms with van der Waals surface area (Å²) in [6.07, 6.45) is 5.48. The fourth-order valence-electron chi connectivity index (χ4n) is 6.30. The van der Waals surface area contributed by atoms with Gasteiger partial charge in [-0.1, -0.05) is 45.0 Å². The highest BCUT2D eigenvalue weighted by molar-refractivity contribution is 5.94. The molecule has 4 aromatic rings. The molecule has 1 saturated heterocycles. The maximum absolute atomic E-state index is 13.2. The van der Waals surface area contributed by atoms with Gasteiger partial charge in [-0.25, -0.2) is 9.59 Å². The van der Waals surface area contributed by atoms with Crippen molar-refractivity contribution in [3.8, 4) is 5.75 Å². The highest BCUT2D eigenvalue weighted by Gasteiger charge is 2.31. The summed E-state index contributed by atoms with van der Waals surface area (Å²) in [7, 11) is 3.48. The zero-order valence-electron chi connectivity index (χ0n) is 26.0. The first-order valence-corrected chi connectivity index (χ1v) is 15.2. The maximum atomic E-state index is 13.2. The van der Waals surface area contributed by atoms with Gasteiger partial charge in [0.05, 0.1) is 31.0 Å². The lowest BCUT2D eigenvalue weighted by Crippen LogP contribution is -2.35. The third-order valence-corrected chi connectivity index (χ3v) is 8.72. The molecule has 2 N–H and O–H groups in total. The topological polar surface area (TPSA) is 110 Å². The number of pyridine rings is 1. The normalized spacial score (nSPS) is 20.2. The Morgan fingerprint density at radius 2 is 1.77 bits per heavy atom. The van der Waals surface area contributed by atoms with Gasteiger partial charge < -0.3 is 20.1 Å². The number of likely N-dealkylation sites (tertiary alicyclic amines) is 1. The molecule has 2 aliphatic rings. The molecule has 3 heterocycles. The van der Waals surface area contributed by atoms with Crippen molar-refractivity contribution in [3.63, 3.8) is 0 Å². The highest BCUT2D eigenvalue weighted by atomic mass is 16.5. The van der Waals surface area contributed by atoms with Crippen LogP contribution < -0.4 is 15.4 Å². The van der Waals surface area contributed by atoms with Crippen LogP contribution in [0.3, 0.4) is 0 Å². The molecular formula is C34H40N6O4. The quantitative estimate of drug-likeness (QED) is 0.249. The zero-order valence-corrected chi connectivity index (χ0v) is 26.0. The number of ether oxygens (including phenoxy) is 2. The Hall–Kier alpha value is -4.44. The third-order valence-electron chi connectivity index (χ3n) is 8.72. The van der Waals surface area contributed by atoms with Crippen molar-refractivity contribution in [3.05, 3.63) is 88.9 Å². The zero-order chi connectivity index (χ0) is 31.0. The molecule has 0 spiro atoms. The number of carbonyl (C=O) groups is 2. The van der Waals surface area contributed by atoms with Crippen LogP contribution in [0, 0.1) is 0 Å². The lowest BCUT2D eigenvalue weighted by atomic mass is 9.85. The number of benzene rings is 2. The Morgan fingerprint density at radius 1 is 0.977 bits per heavy atom. The summed E-state index contributed by atoms with van der Waals surface area (Å²) in [6.45, 7) is 7.23. The van der Waals surface area contributed by atoms with Crippen LogP contribution in [0.1, 0.15) is 97.5 Å². The van der Waals surface area contributed by atoms with E-state index in [1.165, 1.54) is 7.11 Å². The molecule has 230 valence electrons. The third kappa shape index (κ3) is 5.99. The molecule has 1 aliphatic heterocycles. The Bertz CT molecular complexity index is 1690. The largest absolute Gasteiger partial charge is 0.484 e. The predicted molar refractivity (Wildman–Crippen MR) is 168 cm³/mol. The number of nitrogens with one attached hydrogen (secondary N) is 2. The molecule has 0 bridgehead atoms. The van der Waals surface area contributed by atoms with Crippen LogP contribution >= 0.6 is 0 Å². The smallest absolute Gasteiger partial charge is 0.337 e. The van der Waals surface area contributed by atoms with Gasteiger partial charge in [-0.2, -0.15) is 0 Å². The van der Waals surface area contributed by atoms with Crippen molar-refractivity contribution in [1.82, 2.24) is 24.8 Å². The summed E-state index contributed by atoms with van der Waals surface area (Å²) in [6, 6.07) is 17.0. The lowest BCUT2D eigenvalue weighted by Gasteiger charge is -2.32. The van der Waals surface area contributed by atoms with E-state index in [0.717, 1.165) is 59.7 Å². The van der Waals surface area contributed by atoms with Crippen molar-refractivity contribution < 1.29 is 19.1 Å². The molecule has 0 radical (unpaired) electrons. The second kappa shape index (κ2) is 11.9. The first kappa shape index (κ1) is 29.6. The van der Waals surface area contributed by atoms with Gasteiger partial charge in [-0.15, -0.1) is 10.2 Å². The van der Waals surface area contributed by atoms with E-state index in [4.69, 9.17) is 9.47 Å². The molecule has 10 heteroatoms. The minimum absolute atomic E-state index is 0.162. The van der Waals surface area contributed by atoms with E-state index in [2.05, 4.69) is 59.6 Å². The Labute approximate surface area is 257 Å². The summed E-state index contributed by atoms with van der Waals surface area (Å²) in [5.74, 6) is 1.25. The van der Waals surface area contributed by atoms with Crippen LogP contribution in [-0.2, 0) is 10.2 Å². The van der Waals surface area contributed by atoms with Crippen LogP contribution in [-0.4, -0.2) is 52.2 Å². The van der Waals surface area contributed by atoms with Gasteiger partial charge in [-0.05, 0) is 91.7 Å². The number of carbonyl (C=O) groups excluding carboxylic acids is 2. The van der Waals surface area contributed by atoms with Gasteiger partial charge in [0.2, 0.25) is 0 Å². The minimum atomic E-state index is -0.447. The van der Waals surface area contributed by atoms with Crippen LogP contribution in [0.5, 0.6) is 5.75 Å². The summed E-state index contributed by atoms with van der Waals surface area (Å²) >= 11 is 0. The van der Waals surface area contributed by atoms with Gasteiger partial charge in [0.25, 0.3) is 0 Å². The molecule has 2 aromatic carbocycles. The van der Waals surface area contributed by atoms with Crippen LogP contribution in [0.15, 0.2) is 60.8 Å². The van der Waals surface area contributed by atoms with E-state index in [9.17, 15) is 9.59 Å². The van der Waals surface area contributed by atoms with E-state index >= 15 is 0 Å². The van der Waals surface area contributed by atoms with E-state index in [0.29, 0.717) is 17.7 Å². The number of anilines is 1. The second-order valence-electron chi connectivity index (χ2n) is 12.8. The first-order valence-electron chi connectivity index (χ1n) is 15.2. The average molecular weight is 597 g/mol. The van der Waals surface area contributed by atoms with Gasteiger partial charge in [0.15, 0.2) is 11.5 Å². The van der Waals surface area contributed by atoms with Crippen molar-refractivity contribution >= 4 is 23.3 Å². The van der Waals surface area contributed by atoms with Gasteiger partial charge >= 0.3 is 12.0 Å². The Balaban J connectivity index is 1.19. The van der Waals surface area contributed by atoms with Crippen molar-refractivity contribution in [2.24, 2.45) is 0 Å². The molecule has 2 aromatic heterocycles. The molecule has 3 atom stereocenters. The highest BCUT2D eigenvalue weighted by Crippen LogP contribution is 2.39. The van der Waals surface area contributed by atoms with Crippen molar-refractivity contribution in [2.45, 2.75) is 70.1 Å². The number of rotatable bonds is 6. The minimum Gasteiger partial charge on any atom is -0.484 e. The molecule has 0 saturated carbocycles. The number of aromatic nitrogens is 3. The van der Waals surface area contributed by atoms with E-state index in [1.54, 1.807) is 6.07 Å². The van der Waals surface area contributed by atoms with Crippen molar-refractivity contribution in [1.29, 1.82) is 0 Å². The summed E-state index contributed by atoms with van der Waals surface area (Å²) in [5, 5.41) is 15.0. The molecule has 6 rings (SSSR count). The van der Waals surface area contributed by atoms with Crippen molar-refractivity contribution in [2.75, 3.05) is 26.0 Å². The number of amides is 2. The van der Waals surface area contributed by atoms with Crippen LogP contribution in [0.2, 0.25) is 0 Å². The van der Waals surface area contributed by atoms with Gasteiger partial charge in [0, 0.05) is 5.69 Å². The standard InChI is InChI=1S/C34H40N6O4/c1-34(2,3)22-17-21(32(41)43-5)18-23(19-22)35-33(42)36-27-13-14-29(26-10-7-6-9-25(26)27)44-24-12-15-30-37-38-31(40(30)20-24)28-11-8-16-39(28)4/h6-7,9-10,12,15,17-20,27-29H,8,11,13-14,16H2,1-5H3,(H2,35,36,42)/t27-,28?,29+/m0/s1. The SMILES string of the molecule is COC(=O)c1cc(NC(=O)N[C@H]2CC[C@@H](Oc3ccc4nnc(C5CCCN5C)n4c3)c3ccccc32)cc(C(C)(C)C)c1. The monoisotopic (exact) mass is 596 g/mol. The number of fused-ring (bicyclic) bond motifs is 2. The first-order chi connectivity index (χ1) is 21.1. The lowest BCUT2D eigenvalue weighted by molar-refractivity contribution is 0.0600. The van der Waals surface area contributed by atoms with E-state index in [-0.39, 0.29) is 29.6 Å². The Morgan fingerprint density at radius 3 is 2.50 bits per heavy atom. The molecule has 1 fully saturated rings. The molecule has 1 aliphatic carbocycles. The van der Waals surface area contributed by atoms with Crippen LogP contribution in [0.25, 0.3) is 5.65 Å². The van der Waals surface area contributed by atoms with Gasteiger partial charge in [-0.3, -0.25) is 9.30 Å². The molecule has 1 unspecified atom stereocenters. The number of methoxy groups -OCH3 is 1. The number of hydrogen-bond donors (Lipinski definition) is 2. The molecule has 44 heavy (non-hydrogen) atoms. The number of esters is 1. The number of nitrogens with zero attached hydrogens (tertiary/aromatic N) is 4. The number of hydrogen-bond acceptors (Lipinski definition) is 7. The Kier molecular flexibility index (Phi) is 8.02. The van der Waals surface area contributed by atoms with E-state index < -0.39 is 5.97 Å². The summed E-state index contributed by atoms with van der Waals surface area (Å²) in [4.78, 5) is 27.9. The summed E-state index contributed by atoms with van der Waals surface area (Å²) < 4.78 is 13.6. The fraction of sp³-hybridized carbons (Fsp3) is 0.412. The molecule has 10 nitrogen and oxygen atoms in total. The predicted octanol–water partition coefficient (Wildman–Crippen LogP) is 6.36. The van der Waals surface area contributed by atoms with Crippen LogP contribution in [0.4, 0.5) is 10.5 Å². The van der Waals surface area contributed by atoms with E-state index in [1.807, 2.05) is 53.1 Å². The number of urea groups is 1. The van der Waals surface area contributed by atoms with Gasteiger partial charge in [0.1, 0.15) is 11.9 Å². The summed E-state index contributed by atoms with van der Waals surface area (Å²) in [5.41, 5.74) is 4.51. The molecular weight excluding hydrogens is 556 g/mol. The molecule has 2 amide bonds. The fourth-order valence-corrected chi connectivity index (χ4v) is 6.30. The average Bonchev–Trinajstić information content (AvgIpc) is 3.62. The second-order valence-corrected chi connectivity index (χ2v) is 12.8.